The Morgan fingerprint density at radius 3 is 2.35 bits per heavy atom. The van der Waals surface area contributed by atoms with Crippen molar-refractivity contribution in [1.29, 1.82) is 0 Å². The molecular formula is C19H18N2O2. The fraction of sp³-hybridized carbons (Fsp3) is 0.263. The van der Waals surface area contributed by atoms with Gasteiger partial charge in [0, 0.05) is 25.3 Å². The van der Waals surface area contributed by atoms with Crippen LogP contribution < -0.4 is 0 Å². The Balaban J connectivity index is 1.64. The zero-order chi connectivity index (χ0) is 16.1. The highest BCUT2D eigenvalue weighted by molar-refractivity contribution is 6.16. The smallest absolute Gasteiger partial charge is 0.149 e. The van der Waals surface area contributed by atoms with Gasteiger partial charge in [-0.2, -0.15) is 0 Å². The zero-order valence-corrected chi connectivity index (χ0v) is 12.8. The van der Waals surface area contributed by atoms with E-state index in [0.29, 0.717) is 19.4 Å². The minimum absolute atomic E-state index is 0.00311. The fourth-order valence-electron chi connectivity index (χ4n) is 2.86. The number of benzene rings is 1. The average molecular weight is 306 g/mol. The molecule has 3 rings (SSSR count). The molecule has 0 unspecified atom stereocenters. The Morgan fingerprint density at radius 2 is 1.70 bits per heavy atom. The molecule has 1 fully saturated rings. The molecule has 1 aliphatic carbocycles. The summed E-state index contributed by atoms with van der Waals surface area (Å²) in [6, 6.07) is 15.3. The molecule has 2 aromatic rings. The SMILES string of the molecule is O=C1CC(c2ccccc2)CC(=O)C1C=NCc1ccccn1. The van der Waals surface area contributed by atoms with Gasteiger partial charge in [0.05, 0.1) is 12.2 Å². The van der Waals surface area contributed by atoms with Crippen LogP contribution in [-0.2, 0) is 16.1 Å². The molecule has 1 heterocycles. The van der Waals surface area contributed by atoms with Crippen LogP contribution >= 0.6 is 0 Å². The number of hydrogen-bond acceptors (Lipinski definition) is 4. The summed E-state index contributed by atoms with van der Waals surface area (Å²) in [4.78, 5) is 33.0. The van der Waals surface area contributed by atoms with Crippen LogP contribution in [0.25, 0.3) is 0 Å². The van der Waals surface area contributed by atoms with E-state index in [1.165, 1.54) is 6.21 Å². The Kier molecular flexibility index (Phi) is 4.71. The molecule has 1 aliphatic rings. The third-order valence-corrected chi connectivity index (χ3v) is 4.09. The monoisotopic (exact) mass is 306 g/mol. The fourth-order valence-corrected chi connectivity index (χ4v) is 2.86. The van der Waals surface area contributed by atoms with Gasteiger partial charge in [0.25, 0.3) is 0 Å². The Morgan fingerprint density at radius 1 is 1.00 bits per heavy atom. The van der Waals surface area contributed by atoms with Crippen molar-refractivity contribution in [3.63, 3.8) is 0 Å². The maximum atomic E-state index is 12.3. The number of hydrogen-bond donors (Lipinski definition) is 0. The summed E-state index contributed by atoms with van der Waals surface area (Å²) >= 11 is 0. The average Bonchev–Trinajstić information content (AvgIpc) is 2.59. The van der Waals surface area contributed by atoms with Gasteiger partial charge in [-0.1, -0.05) is 36.4 Å². The van der Waals surface area contributed by atoms with Gasteiger partial charge in [-0.15, -0.1) is 0 Å². The van der Waals surface area contributed by atoms with Crippen LogP contribution in [0.3, 0.4) is 0 Å². The number of nitrogens with zero attached hydrogens (tertiary/aromatic N) is 2. The second kappa shape index (κ2) is 7.09. The van der Waals surface area contributed by atoms with Gasteiger partial charge in [0.2, 0.25) is 0 Å². The Bertz CT molecular complexity index is 693. The van der Waals surface area contributed by atoms with E-state index in [0.717, 1.165) is 11.3 Å². The van der Waals surface area contributed by atoms with Crippen molar-refractivity contribution >= 4 is 17.8 Å². The summed E-state index contributed by atoms with van der Waals surface area (Å²) in [7, 11) is 0. The van der Waals surface area contributed by atoms with Crippen molar-refractivity contribution in [3.8, 4) is 0 Å². The van der Waals surface area contributed by atoms with Crippen LogP contribution in [0.5, 0.6) is 0 Å². The molecule has 0 aliphatic heterocycles. The molecule has 0 N–H and O–H groups in total. The standard InChI is InChI=1S/C19H18N2O2/c22-18-10-15(14-6-2-1-3-7-14)11-19(23)17(18)13-20-12-16-8-4-5-9-21-16/h1-9,13,15,17H,10-12H2. The van der Waals surface area contributed by atoms with Gasteiger partial charge in [0.15, 0.2) is 0 Å². The number of pyridine rings is 1. The van der Waals surface area contributed by atoms with Gasteiger partial charge in [-0.3, -0.25) is 19.6 Å². The number of ketones is 2. The van der Waals surface area contributed by atoms with Crippen LogP contribution in [0.15, 0.2) is 59.7 Å². The number of rotatable bonds is 4. The molecule has 0 atom stereocenters. The van der Waals surface area contributed by atoms with Crippen LogP contribution in [0.4, 0.5) is 0 Å². The summed E-state index contributed by atoms with van der Waals surface area (Å²) in [5.41, 5.74) is 1.87. The summed E-state index contributed by atoms with van der Waals surface area (Å²) < 4.78 is 0. The molecular weight excluding hydrogens is 288 g/mol. The first-order valence-electron chi connectivity index (χ1n) is 7.74. The van der Waals surface area contributed by atoms with E-state index in [-0.39, 0.29) is 17.5 Å². The van der Waals surface area contributed by atoms with Crippen molar-refractivity contribution < 1.29 is 9.59 Å². The topological polar surface area (TPSA) is 59.4 Å². The van der Waals surface area contributed by atoms with E-state index in [9.17, 15) is 9.59 Å². The van der Waals surface area contributed by atoms with Crippen molar-refractivity contribution in [1.82, 2.24) is 4.98 Å². The summed E-state index contributed by atoms with van der Waals surface area (Å²) in [5.74, 6) is -0.782. The maximum absolute atomic E-state index is 12.3. The first kappa shape index (κ1) is 15.3. The van der Waals surface area contributed by atoms with Gasteiger partial charge >= 0.3 is 0 Å². The third kappa shape index (κ3) is 3.77. The van der Waals surface area contributed by atoms with Crippen molar-refractivity contribution in [3.05, 3.63) is 66.0 Å². The second-order valence-electron chi connectivity index (χ2n) is 5.74. The van der Waals surface area contributed by atoms with Gasteiger partial charge in [-0.25, -0.2) is 0 Å². The zero-order valence-electron chi connectivity index (χ0n) is 12.8. The Labute approximate surface area is 135 Å². The van der Waals surface area contributed by atoms with Gasteiger partial charge in [-0.05, 0) is 23.6 Å². The number of aromatic nitrogens is 1. The second-order valence-corrected chi connectivity index (χ2v) is 5.74. The van der Waals surface area contributed by atoms with E-state index >= 15 is 0 Å². The molecule has 0 spiro atoms. The number of aliphatic imine (C=N–C) groups is 1. The lowest BCUT2D eigenvalue weighted by molar-refractivity contribution is -0.133. The maximum Gasteiger partial charge on any atom is 0.149 e. The minimum atomic E-state index is -0.696. The lowest BCUT2D eigenvalue weighted by Gasteiger charge is -2.24. The van der Waals surface area contributed by atoms with Crippen LogP contribution in [0.2, 0.25) is 0 Å². The van der Waals surface area contributed by atoms with Gasteiger partial charge in [0.1, 0.15) is 17.5 Å². The van der Waals surface area contributed by atoms with Crippen LogP contribution in [0.1, 0.15) is 30.0 Å². The van der Waals surface area contributed by atoms with E-state index in [4.69, 9.17) is 0 Å². The summed E-state index contributed by atoms with van der Waals surface area (Å²) in [5, 5.41) is 0. The van der Waals surface area contributed by atoms with Crippen molar-refractivity contribution in [2.24, 2.45) is 10.9 Å². The summed E-state index contributed by atoms with van der Waals surface area (Å²) in [6.45, 7) is 0.389. The molecule has 4 heteroatoms. The lowest BCUT2D eigenvalue weighted by atomic mass is 9.77. The number of Topliss-reactive ketones (excluding diaryl/α,β-unsaturated/α-hetero) is 2. The molecule has 4 nitrogen and oxygen atoms in total. The highest BCUT2D eigenvalue weighted by atomic mass is 16.2. The van der Waals surface area contributed by atoms with Crippen LogP contribution in [0, 0.1) is 5.92 Å². The van der Waals surface area contributed by atoms with E-state index < -0.39 is 5.92 Å². The van der Waals surface area contributed by atoms with E-state index in [2.05, 4.69) is 9.98 Å². The normalized spacial score (nSPS) is 21.7. The van der Waals surface area contributed by atoms with Crippen molar-refractivity contribution in [2.75, 3.05) is 0 Å². The van der Waals surface area contributed by atoms with Crippen LogP contribution in [-0.4, -0.2) is 22.8 Å². The molecule has 1 aromatic heterocycles. The summed E-state index contributed by atoms with van der Waals surface area (Å²) in [6.07, 6.45) is 4.00. The molecule has 23 heavy (non-hydrogen) atoms. The van der Waals surface area contributed by atoms with Gasteiger partial charge < -0.3 is 0 Å². The molecule has 1 aromatic carbocycles. The number of carbonyl (C=O) groups is 2. The Hall–Kier alpha value is -2.62. The first-order valence-corrected chi connectivity index (χ1v) is 7.74. The third-order valence-electron chi connectivity index (χ3n) is 4.09. The molecule has 0 radical (unpaired) electrons. The predicted molar refractivity (Wildman–Crippen MR) is 88.4 cm³/mol. The largest absolute Gasteiger partial charge is 0.298 e. The predicted octanol–water partition coefficient (Wildman–Crippen LogP) is 2.98. The minimum Gasteiger partial charge on any atom is -0.298 e. The highest BCUT2D eigenvalue weighted by Gasteiger charge is 2.34. The van der Waals surface area contributed by atoms with E-state index in [1.807, 2.05) is 48.5 Å². The lowest BCUT2D eigenvalue weighted by Crippen LogP contribution is -2.33. The van der Waals surface area contributed by atoms with E-state index in [1.54, 1.807) is 6.20 Å². The highest BCUT2D eigenvalue weighted by Crippen LogP contribution is 2.31. The molecule has 0 bridgehead atoms. The quantitative estimate of drug-likeness (QED) is 0.644. The first-order chi connectivity index (χ1) is 11.2. The molecule has 0 amide bonds. The molecule has 116 valence electrons. The number of carbonyl (C=O) groups excluding carboxylic acids is 2. The molecule has 1 saturated carbocycles. The molecule has 0 saturated heterocycles. The van der Waals surface area contributed by atoms with Crippen molar-refractivity contribution in [2.45, 2.75) is 25.3 Å².